The molecule has 5 heteroatoms. The van der Waals surface area contributed by atoms with Crippen LogP contribution in [0, 0.1) is 5.92 Å². The molecule has 1 aromatic carbocycles. The van der Waals surface area contributed by atoms with Gasteiger partial charge in [0, 0.05) is 43.7 Å². The first-order chi connectivity index (χ1) is 10.2. The van der Waals surface area contributed by atoms with Gasteiger partial charge in [-0.3, -0.25) is 9.80 Å². The summed E-state index contributed by atoms with van der Waals surface area (Å²) in [4.78, 5) is 4.87. The first-order valence-electron chi connectivity index (χ1n) is 7.52. The van der Waals surface area contributed by atoms with Crippen molar-refractivity contribution in [2.24, 2.45) is 5.92 Å². The standard InChI is InChI=1S/C16H24N2O3/c1-17-6-12-7-18(9-14(17)11-21-10-12)8-13-5-15(19)3-4-16(13)20-2/h3-5,12,14,19H,6-11H2,1-2H3/t12-,14+/m1/s1. The summed E-state index contributed by atoms with van der Waals surface area (Å²) in [5.41, 5.74) is 1.04. The number of fused-ring (bicyclic) bond motifs is 3. The second-order valence-corrected chi connectivity index (χ2v) is 6.19. The van der Waals surface area contributed by atoms with Crippen LogP contribution in [-0.2, 0) is 11.3 Å². The Bertz CT molecular complexity index is 494. The summed E-state index contributed by atoms with van der Waals surface area (Å²) in [6.45, 7) is 5.57. The number of phenolic OH excluding ortho intramolecular Hbond substituents is 1. The van der Waals surface area contributed by atoms with Crippen molar-refractivity contribution in [2.75, 3.05) is 47.0 Å². The van der Waals surface area contributed by atoms with E-state index in [1.807, 2.05) is 6.07 Å². The van der Waals surface area contributed by atoms with Crippen LogP contribution < -0.4 is 4.74 Å². The number of ether oxygens (including phenoxy) is 2. The van der Waals surface area contributed by atoms with Crippen molar-refractivity contribution >= 4 is 0 Å². The third kappa shape index (κ3) is 3.31. The maximum Gasteiger partial charge on any atom is 0.123 e. The first-order valence-corrected chi connectivity index (χ1v) is 7.52. The fraction of sp³-hybridized carbons (Fsp3) is 0.625. The predicted molar refractivity (Wildman–Crippen MR) is 80.7 cm³/mol. The number of rotatable bonds is 3. The van der Waals surface area contributed by atoms with Crippen LogP contribution in [0.1, 0.15) is 5.56 Å². The summed E-state index contributed by atoms with van der Waals surface area (Å²) in [5, 5.41) is 9.72. The van der Waals surface area contributed by atoms with E-state index in [1.54, 1.807) is 19.2 Å². The van der Waals surface area contributed by atoms with Gasteiger partial charge in [-0.25, -0.2) is 0 Å². The molecule has 0 amide bonds. The highest BCUT2D eigenvalue weighted by molar-refractivity contribution is 5.39. The van der Waals surface area contributed by atoms with Crippen LogP contribution in [0.2, 0.25) is 0 Å². The lowest BCUT2D eigenvalue weighted by Crippen LogP contribution is -2.41. The van der Waals surface area contributed by atoms with Crippen molar-refractivity contribution < 1.29 is 14.6 Å². The minimum Gasteiger partial charge on any atom is -0.508 e. The first kappa shape index (κ1) is 14.6. The van der Waals surface area contributed by atoms with E-state index in [-0.39, 0.29) is 0 Å². The van der Waals surface area contributed by atoms with Gasteiger partial charge in [0.2, 0.25) is 0 Å². The molecule has 1 aromatic rings. The third-order valence-corrected chi connectivity index (χ3v) is 4.48. The van der Waals surface area contributed by atoms with E-state index in [4.69, 9.17) is 9.47 Å². The highest BCUT2D eigenvalue weighted by Gasteiger charge is 2.31. The lowest BCUT2D eigenvalue weighted by atomic mass is 10.1. The number of methoxy groups -OCH3 is 1. The molecular formula is C16H24N2O3. The summed E-state index contributed by atoms with van der Waals surface area (Å²) in [7, 11) is 3.86. The summed E-state index contributed by atoms with van der Waals surface area (Å²) in [6.07, 6.45) is 0. The number of hydrogen-bond acceptors (Lipinski definition) is 5. The molecule has 1 N–H and O–H groups in total. The summed E-state index contributed by atoms with van der Waals surface area (Å²) < 4.78 is 11.2. The minimum atomic E-state index is 0.293. The zero-order chi connectivity index (χ0) is 14.8. The smallest absolute Gasteiger partial charge is 0.123 e. The van der Waals surface area contributed by atoms with Gasteiger partial charge in [-0.2, -0.15) is 0 Å². The van der Waals surface area contributed by atoms with Crippen molar-refractivity contribution in [1.82, 2.24) is 9.80 Å². The Morgan fingerprint density at radius 1 is 1.29 bits per heavy atom. The van der Waals surface area contributed by atoms with E-state index < -0.39 is 0 Å². The van der Waals surface area contributed by atoms with Crippen molar-refractivity contribution in [3.05, 3.63) is 23.8 Å². The monoisotopic (exact) mass is 292 g/mol. The van der Waals surface area contributed by atoms with Gasteiger partial charge in [-0.1, -0.05) is 0 Å². The molecule has 0 spiro atoms. The fourth-order valence-electron chi connectivity index (χ4n) is 3.41. The number of likely N-dealkylation sites (N-methyl/N-ethyl adjacent to an activating group) is 1. The molecule has 2 atom stereocenters. The van der Waals surface area contributed by atoms with E-state index in [0.717, 1.165) is 50.7 Å². The summed E-state index contributed by atoms with van der Waals surface area (Å²) in [6, 6.07) is 5.75. The predicted octanol–water partition coefficient (Wildman–Crippen LogP) is 1.16. The van der Waals surface area contributed by atoms with Gasteiger partial charge in [-0.05, 0) is 25.2 Å². The molecule has 116 valence electrons. The third-order valence-electron chi connectivity index (χ3n) is 4.48. The van der Waals surface area contributed by atoms with Crippen molar-refractivity contribution in [3.8, 4) is 11.5 Å². The lowest BCUT2D eigenvalue weighted by molar-refractivity contribution is 0.0514. The molecule has 2 saturated heterocycles. The summed E-state index contributed by atoms with van der Waals surface area (Å²) in [5.74, 6) is 1.68. The molecule has 0 radical (unpaired) electrons. The average molecular weight is 292 g/mol. The Morgan fingerprint density at radius 2 is 2.14 bits per heavy atom. The van der Waals surface area contributed by atoms with Crippen LogP contribution in [0.3, 0.4) is 0 Å². The van der Waals surface area contributed by atoms with Crippen LogP contribution in [0.4, 0.5) is 0 Å². The van der Waals surface area contributed by atoms with Crippen molar-refractivity contribution in [3.63, 3.8) is 0 Å². The molecular weight excluding hydrogens is 268 g/mol. The zero-order valence-electron chi connectivity index (χ0n) is 12.8. The molecule has 2 aliphatic heterocycles. The van der Waals surface area contributed by atoms with Gasteiger partial charge in [0.1, 0.15) is 11.5 Å². The fourth-order valence-corrected chi connectivity index (χ4v) is 3.41. The molecule has 2 fully saturated rings. The second kappa shape index (κ2) is 6.22. The molecule has 21 heavy (non-hydrogen) atoms. The van der Waals surface area contributed by atoms with Gasteiger partial charge in [0.25, 0.3) is 0 Å². The van der Waals surface area contributed by atoms with Crippen LogP contribution in [0.25, 0.3) is 0 Å². The lowest BCUT2D eigenvalue weighted by Gasteiger charge is -2.30. The van der Waals surface area contributed by atoms with E-state index in [0.29, 0.717) is 17.7 Å². The molecule has 0 aliphatic carbocycles. The Labute approximate surface area is 126 Å². The van der Waals surface area contributed by atoms with E-state index in [1.165, 1.54) is 0 Å². The van der Waals surface area contributed by atoms with Crippen molar-refractivity contribution in [2.45, 2.75) is 12.6 Å². The maximum atomic E-state index is 9.72. The number of hydrogen-bond donors (Lipinski definition) is 1. The Morgan fingerprint density at radius 3 is 2.95 bits per heavy atom. The van der Waals surface area contributed by atoms with Gasteiger partial charge in [0.15, 0.2) is 0 Å². The highest BCUT2D eigenvalue weighted by atomic mass is 16.5. The Balaban J connectivity index is 1.77. The number of phenols is 1. The largest absolute Gasteiger partial charge is 0.508 e. The van der Waals surface area contributed by atoms with Gasteiger partial charge >= 0.3 is 0 Å². The number of aromatic hydroxyl groups is 1. The van der Waals surface area contributed by atoms with E-state index >= 15 is 0 Å². The SMILES string of the molecule is COc1ccc(O)cc1CN1C[C@@H]2COC[C@H](C1)N(C)C2. The topological polar surface area (TPSA) is 45.2 Å². The normalized spacial score (nSPS) is 27.3. The molecule has 3 rings (SSSR count). The van der Waals surface area contributed by atoms with Gasteiger partial charge < -0.3 is 14.6 Å². The number of benzene rings is 1. The highest BCUT2D eigenvalue weighted by Crippen LogP contribution is 2.26. The Hall–Kier alpha value is -1.30. The maximum absolute atomic E-state index is 9.72. The van der Waals surface area contributed by atoms with Gasteiger partial charge in [-0.15, -0.1) is 0 Å². The second-order valence-electron chi connectivity index (χ2n) is 6.19. The molecule has 2 heterocycles. The zero-order valence-corrected chi connectivity index (χ0v) is 12.8. The molecule has 5 nitrogen and oxygen atoms in total. The average Bonchev–Trinajstić information content (AvgIpc) is 2.68. The van der Waals surface area contributed by atoms with E-state index in [9.17, 15) is 5.11 Å². The molecule has 2 bridgehead atoms. The van der Waals surface area contributed by atoms with Gasteiger partial charge in [0.05, 0.1) is 20.3 Å². The molecule has 0 unspecified atom stereocenters. The summed E-state index contributed by atoms with van der Waals surface area (Å²) >= 11 is 0. The molecule has 2 aliphatic rings. The number of nitrogens with zero attached hydrogens (tertiary/aromatic N) is 2. The van der Waals surface area contributed by atoms with E-state index in [2.05, 4.69) is 16.8 Å². The van der Waals surface area contributed by atoms with Crippen LogP contribution in [-0.4, -0.2) is 68.0 Å². The van der Waals surface area contributed by atoms with Crippen LogP contribution in [0.5, 0.6) is 11.5 Å². The van der Waals surface area contributed by atoms with Crippen LogP contribution in [0.15, 0.2) is 18.2 Å². The minimum absolute atomic E-state index is 0.293. The molecule has 0 saturated carbocycles. The van der Waals surface area contributed by atoms with Crippen LogP contribution >= 0.6 is 0 Å². The van der Waals surface area contributed by atoms with Crippen molar-refractivity contribution in [1.29, 1.82) is 0 Å². The quantitative estimate of drug-likeness (QED) is 0.906. The molecule has 0 aromatic heterocycles. The Kier molecular flexibility index (Phi) is 4.33.